The largest absolute Gasteiger partial charge is 0.490 e. The molecule has 3 rings (SSSR count). The predicted octanol–water partition coefficient (Wildman–Crippen LogP) is 5.80. The lowest BCUT2D eigenvalue weighted by Crippen LogP contribution is -2.13. The Balaban J connectivity index is 1.70. The van der Waals surface area contributed by atoms with Gasteiger partial charge in [-0.3, -0.25) is 4.98 Å². The van der Waals surface area contributed by atoms with Crippen LogP contribution in [0.2, 0.25) is 10.0 Å². The first-order valence-electron chi connectivity index (χ1n) is 9.18. The van der Waals surface area contributed by atoms with Crippen molar-refractivity contribution in [1.82, 2.24) is 10.3 Å². The van der Waals surface area contributed by atoms with E-state index in [1.165, 1.54) is 12.1 Å². The number of hydrogen-bond donors (Lipinski definition) is 1. The number of nitrogens with zero attached hydrogens (tertiary/aromatic N) is 1. The fourth-order valence-corrected chi connectivity index (χ4v) is 3.28. The highest BCUT2D eigenvalue weighted by molar-refractivity contribution is 6.32. The summed E-state index contributed by atoms with van der Waals surface area (Å²) in [6, 6.07) is 11.8. The van der Waals surface area contributed by atoms with Crippen molar-refractivity contribution in [2.45, 2.75) is 26.6 Å². The predicted molar refractivity (Wildman–Crippen MR) is 113 cm³/mol. The summed E-state index contributed by atoms with van der Waals surface area (Å²) in [5, 5.41) is 4.11. The van der Waals surface area contributed by atoms with E-state index in [1.54, 1.807) is 18.5 Å². The Morgan fingerprint density at radius 2 is 1.69 bits per heavy atom. The van der Waals surface area contributed by atoms with Crippen molar-refractivity contribution in [2.24, 2.45) is 0 Å². The van der Waals surface area contributed by atoms with Crippen molar-refractivity contribution in [3.63, 3.8) is 0 Å². The Bertz CT molecular complexity index is 955. The van der Waals surface area contributed by atoms with Gasteiger partial charge >= 0.3 is 0 Å². The lowest BCUT2D eigenvalue weighted by atomic mass is 10.2. The second-order valence-electron chi connectivity index (χ2n) is 6.32. The van der Waals surface area contributed by atoms with Gasteiger partial charge in [-0.25, -0.2) is 4.39 Å². The Morgan fingerprint density at radius 3 is 2.41 bits per heavy atom. The monoisotopic (exact) mass is 434 g/mol. The molecule has 2 aromatic carbocycles. The molecule has 29 heavy (non-hydrogen) atoms. The van der Waals surface area contributed by atoms with E-state index in [9.17, 15) is 4.39 Å². The standard InChI is InChI=1S/C22H21Cl2FN2O2/c1-2-28-21-10-16(13-27-12-15-5-7-26-8-6-15)9-20(24)22(21)29-14-17-3-4-18(25)11-19(17)23/h3-11,27H,2,12-14H2,1H3. The molecule has 0 radical (unpaired) electrons. The second-order valence-corrected chi connectivity index (χ2v) is 7.14. The third-order valence-corrected chi connectivity index (χ3v) is 4.80. The van der Waals surface area contributed by atoms with Gasteiger partial charge in [0.2, 0.25) is 0 Å². The molecule has 0 saturated heterocycles. The molecule has 0 aliphatic heterocycles. The molecule has 0 fully saturated rings. The van der Waals surface area contributed by atoms with Crippen LogP contribution >= 0.6 is 23.2 Å². The highest BCUT2D eigenvalue weighted by atomic mass is 35.5. The first-order chi connectivity index (χ1) is 14.1. The maximum Gasteiger partial charge on any atom is 0.180 e. The SMILES string of the molecule is CCOc1cc(CNCc2ccncc2)cc(Cl)c1OCc1ccc(F)cc1Cl. The van der Waals surface area contributed by atoms with Gasteiger partial charge in [-0.15, -0.1) is 0 Å². The van der Waals surface area contributed by atoms with Crippen LogP contribution in [0.5, 0.6) is 11.5 Å². The van der Waals surface area contributed by atoms with Gasteiger partial charge in [-0.1, -0.05) is 29.3 Å². The summed E-state index contributed by atoms with van der Waals surface area (Å²) in [5.74, 6) is 0.598. The number of halogens is 3. The average molecular weight is 435 g/mol. The minimum atomic E-state index is -0.393. The highest BCUT2D eigenvalue weighted by Crippen LogP contribution is 2.37. The van der Waals surface area contributed by atoms with Crippen molar-refractivity contribution in [2.75, 3.05) is 6.61 Å². The van der Waals surface area contributed by atoms with E-state index in [-0.39, 0.29) is 6.61 Å². The summed E-state index contributed by atoms with van der Waals surface area (Å²) in [6.07, 6.45) is 3.53. The molecule has 152 valence electrons. The molecule has 0 amide bonds. The molecule has 7 heteroatoms. The summed E-state index contributed by atoms with van der Waals surface area (Å²) in [7, 11) is 0. The summed E-state index contributed by atoms with van der Waals surface area (Å²) < 4.78 is 24.8. The van der Waals surface area contributed by atoms with Crippen LogP contribution in [0.1, 0.15) is 23.6 Å². The van der Waals surface area contributed by atoms with Crippen molar-refractivity contribution in [3.05, 3.63) is 87.4 Å². The number of aromatic nitrogens is 1. The van der Waals surface area contributed by atoms with Gasteiger partial charge in [0.05, 0.1) is 16.7 Å². The summed E-state index contributed by atoms with van der Waals surface area (Å²) >= 11 is 12.5. The van der Waals surface area contributed by atoms with Crippen molar-refractivity contribution < 1.29 is 13.9 Å². The van der Waals surface area contributed by atoms with Crippen molar-refractivity contribution in [3.8, 4) is 11.5 Å². The van der Waals surface area contributed by atoms with E-state index < -0.39 is 5.82 Å². The number of hydrogen-bond acceptors (Lipinski definition) is 4. The molecule has 0 atom stereocenters. The molecule has 0 unspecified atom stereocenters. The maximum atomic E-state index is 13.2. The van der Waals surface area contributed by atoms with E-state index in [4.69, 9.17) is 32.7 Å². The van der Waals surface area contributed by atoms with Crippen LogP contribution in [-0.4, -0.2) is 11.6 Å². The van der Waals surface area contributed by atoms with Gasteiger partial charge in [0.1, 0.15) is 12.4 Å². The topological polar surface area (TPSA) is 43.4 Å². The molecule has 0 aliphatic carbocycles. The van der Waals surface area contributed by atoms with Crippen molar-refractivity contribution in [1.29, 1.82) is 0 Å². The molecule has 4 nitrogen and oxygen atoms in total. The first kappa shape index (κ1) is 21.4. The third kappa shape index (κ3) is 6.07. The Kier molecular flexibility index (Phi) is 7.69. The van der Waals surface area contributed by atoms with E-state index in [1.807, 2.05) is 31.2 Å². The smallest absolute Gasteiger partial charge is 0.180 e. The lowest BCUT2D eigenvalue weighted by molar-refractivity contribution is 0.269. The summed E-state index contributed by atoms with van der Waals surface area (Å²) in [6.45, 7) is 3.84. The van der Waals surface area contributed by atoms with Crippen LogP contribution in [0.15, 0.2) is 54.9 Å². The molecular weight excluding hydrogens is 414 g/mol. The quantitative estimate of drug-likeness (QED) is 0.462. The summed E-state index contributed by atoms with van der Waals surface area (Å²) in [5.41, 5.74) is 2.78. The van der Waals surface area contributed by atoms with Gasteiger partial charge in [0.25, 0.3) is 0 Å². The molecule has 1 N–H and O–H groups in total. The van der Waals surface area contributed by atoms with E-state index in [2.05, 4.69) is 10.3 Å². The molecule has 0 aliphatic rings. The van der Waals surface area contributed by atoms with Gasteiger partial charge in [-0.05, 0) is 54.4 Å². The maximum absolute atomic E-state index is 13.2. The van der Waals surface area contributed by atoms with Crippen molar-refractivity contribution >= 4 is 23.2 Å². The van der Waals surface area contributed by atoms with E-state index >= 15 is 0 Å². The van der Waals surface area contributed by atoms with Crippen LogP contribution in [0.4, 0.5) is 4.39 Å². The van der Waals surface area contributed by atoms with Crippen LogP contribution < -0.4 is 14.8 Å². The zero-order chi connectivity index (χ0) is 20.6. The van der Waals surface area contributed by atoms with Gasteiger partial charge in [0, 0.05) is 31.0 Å². The number of benzene rings is 2. The molecular formula is C22H21Cl2FN2O2. The van der Waals surface area contributed by atoms with Crippen LogP contribution in [-0.2, 0) is 19.7 Å². The van der Waals surface area contributed by atoms with Gasteiger partial charge in [0.15, 0.2) is 11.5 Å². The fraction of sp³-hybridized carbons (Fsp3) is 0.227. The lowest BCUT2D eigenvalue weighted by Gasteiger charge is -2.16. The zero-order valence-electron chi connectivity index (χ0n) is 15.9. The number of pyridine rings is 1. The van der Waals surface area contributed by atoms with Gasteiger partial charge in [-0.2, -0.15) is 0 Å². The average Bonchev–Trinajstić information content (AvgIpc) is 2.70. The Hall–Kier alpha value is -2.34. The van der Waals surface area contributed by atoms with Crippen LogP contribution in [0.3, 0.4) is 0 Å². The second kappa shape index (κ2) is 10.4. The van der Waals surface area contributed by atoms with E-state index in [0.29, 0.717) is 46.8 Å². The van der Waals surface area contributed by atoms with Gasteiger partial charge < -0.3 is 14.8 Å². The molecule has 1 heterocycles. The zero-order valence-corrected chi connectivity index (χ0v) is 17.4. The highest BCUT2D eigenvalue weighted by Gasteiger charge is 2.14. The van der Waals surface area contributed by atoms with E-state index in [0.717, 1.165) is 11.1 Å². The van der Waals surface area contributed by atoms with Crippen LogP contribution in [0, 0.1) is 5.82 Å². The third-order valence-electron chi connectivity index (χ3n) is 4.16. The molecule has 0 saturated carbocycles. The molecule has 0 bridgehead atoms. The number of rotatable bonds is 9. The first-order valence-corrected chi connectivity index (χ1v) is 9.94. The molecule has 0 spiro atoms. The molecule has 1 aromatic heterocycles. The summed E-state index contributed by atoms with van der Waals surface area (Å²) in [4.78, 5) is 4.01. The number of nitrogens with one attached hydrogen (secondary N) is 1. The minimum absolute atomic E-state index is 0.151. The Morgan fingerprint density at radius 1 is 0.931 bits per heavy atom. The fourth-order valence-electron chi connectivity index (χ4n) is 2.77. The number of ether oxygens (including phenoxy) is 2. The normalized spacial score (nSPS) is 10.8. The molecule has 3 aromatic rings. The van der Waals surface area contributed by atoms with Crippen LogP contribution in [0.25, 0.3) is 0 Å². The Labute approximate surface area is 179 Å². The minimum Gasteiger partial charge on any atom is -0.490 e.